The van der Waals surface area contributed by atoms with E-state index in [4.69, 9.17) is 40.5 Å². The molecule has 3 nitrogen and oxygen atoms in total. The SMILES string of the molecule is Nc1cc(Cl)ccc1C(=O)Nc1cc(Cl)ccc1Cl. The molecule has 0 spiro atoms. The Morgan fingerprint density at radius 2 is 1.63 bits per heavy atom. The van der Waals surface area contributed by atoms with Crippen LogP contribution in [0.4, 0.5) is 11.4 Å². The molecular formula is C13H9Cl3N2O. The second-order valence-electron chi connectivity index (χ2n) is 3.81. The Hall–Kier alpha value is -1.42. The number of hydrogen-bond donors (Lipinski definition) is 2. The summed E-state index contributed by atoms with van der Waals surface area (Å²) in [5.74, 6) is -0.377. The molecule has 0 unspecified atom stereocenters. The van der Waals surface area contributed by atoms with Gasteiger partial charge in [0.15, 0.2) is 0 Å². The van der Waals surface area contributed by atoms with Gasteiger partial charge in [-0.15, -0.1) is 0 Å². The first-order valence-corrected chi connectivity index (χ1v) is 6.42. The molecule has 2 aromatic rings. The molecule has 0 saturated heterocycles. The van der Waals surface area contributed by atoms with Gasteiger partial charge in [0.2, 0.25) is 0 Å². The molecule has 2 rings (SSSR count). The van der Waals surface area contributed by atoms with Crippen LogP contribution in [0, 0.1) is 0 Å². The van der Waals surface area contributed by atoms with Crippen molar-refractivity contribution in [3.63, 3.8) is 0 Å². The maximum atomic E-state index is 12.1. The lowest BCUT2D eigenvalue weighted by molar-refractivity contribution is 0.102. The first-order chi connectivity index (χ1) is 8.97. The summed E-state index contributed by atoms with van der Waals surface area (Å²) in [6.07, 6.45) is 0. The first-order valence-electron chi connectivity index (χ1n) is 5.29. The largest absolute Gasteiger partial charge is 0.398 e. The van der Waals surface area contributed by atoms with Crippen molar-refractivity contribution < 1.29 is 4.79 Å². The molecule has 6 heteroatoms. The zero-order valence-corrected chi connectivity index (χ0v) is 11.9. The van der Waals surface area contributed by atoms with Crippen molar-refractivity contribution in [3.05, 3.63) is 57.0 Å². The minimum absolute atomic E-state index is 0.295. The Morgan fingerprint density at radius 3 is 2.32 bits per heavy atom. The molecule has 19 heavy (non-hydrogen) atoms. The molecule has 0 aliphatic heterocycles. The average Bonchev–Trinajstić information content (AvgIpc) is 2.33. The van der Waals surface area contributed by atoms with E-state index in [1.54, 1.807) is 30.3 Å². The van der Waals surface area contributed by atoms with E-state index in [1.807, 2.05) is 0 Å². The lowest BCUT2D eigenvalue weighted by atomic mass is 10.1. The summed E-state index contributed by atoms with van der Waals surface area (Å²) >= 11 is 17.6. The van der Waals surface area contributed by atoms with E-state index >= 15 is 0 Å². The van der Waals surface area contributed by atoms with Crippen LogP contribution < -0.4 is 11.1 Å². The third kappa shape index (κ3) is 3.32. The van der Waals surface area contributed by atoms with Crippen molar-refractivity contribution in [1.82, 2.24) is 0 Å². The predicted octanol–water partition coefficient (Wildman–Crippen LogP) is 4.48. The predicted molar refractivity (Wildman–Crippen MR) is 80.3 cm³/mol. The minimum atomic E-state index is -0.377. The van der Waals surface area contributed by atoms with Gasteiger partial charge in [-0.25, -0.2) is 0 Å². The third-order valence-electron chi connectivity index (χ3n) is 2.43. The van der Waals surface area contributed by atoms with Gasteiger partial charge >= 0.3 is 0 Å². The van der Waals surface area contributed by atoms with E-state index in [0.717, 1.165) is 0 Å². The average molecular weight is 316 g/mol. The van der Waals surface area contributed by atoms with Crippen LogP contribution in [0.3, 0.4) is 0 Å². The maximum absolute atomic E-state index is 12.1. The maximum Gasteiger partial charge on any atom is 0.257 e. The van der Waals surface area contributed by atoms with Crippen LogP contribution in [0.5, 0.6) is 0 Å². The fraction of sp³-hybridized carbons (Fsp3) is 0. The van der Waals surface area contributed by atoms with Crippen molar-refractivity contribution in [2.75, 3.05) is 11.1 Å². The molecule has 1 amide bonds. The van der Waals surface area contributed by atoms with Crippen LogP contribution in [0.2, 0.25) is 15.1 Å². The van der Waals surface area contributed by atoms with Crippen LogP contribution in [-0.4, -0.2) is 5.91 Å². The molecule has 2 aromatic carbocycles. The molecule has 3 N–H and O–H groups in total. The number of halogens is 3. The molecule has 0 aliphatic carbocycles. The number of carbonyl (C=O) groups is 1. The second-order valence-corrected chi connectivity index (χ2v) is 5.09. The summed E-state index contributed by atoms with van der Waals surface area (Å²) in [6, 6.07) is 9.45. The summed E-state index contributed by atoms with van der Waals surface area (Å²) in [6.45, 7) is 0. The molecule has 0 aliphatic rings. The summed E-state index contributed by atoms with van der Waals surface area (Å²) in [4.78, 5) is 12.1. The number of nitrogens with one attached hydrogen (secondary N) is 1. The quantitative estimate of drug-likeness (QED) is 0.803. The van der Waals surface area contributed by atoms with E-state index in [2.05, 4.69) is 5.32 Å². The molecule has 0 heterocycles. The van der Waals surface area contributed by atoms with Gasteiger partial charge in [-0.05, 0) is 36.4 Å². The smallest absolute Gasteiger partial charge is 0.257 e. The third-order valence-corrected chi connectivity index (χ3v) is 3.23. The van der Waals surface area contributed by atoms with Gasteiger partial charge in [-0.3, -0.25) is 4.79 Å². The van der Waals surface area contributed by atoms with E-state index in [-0.39, 0.29) is 5.91 Å². The van der Waals surface area contributed by atoms with Crippen LogP contribution >= 0.6 is 34.8 Å². The monoisotopic (exact) mass is 314 g/mol. The van der Waals surface area contributed by atoms with Gasteiger partial charge in [0.05, 0.1) is 16.3 Å². The standard InChI is InChI=1S/C13H9Cl3N2O/c14-7-1-3-9(11(17)5-7)13(19)18-12-6-8(15)2-4-10(12)16/h1-6H,17H2,(H,18,19). The molecule has 0 bridgehead atoms. The number of nitrogens with two attached hydrogens (primary N) is 1. The zero-order chi connectivity index (χ0) is 14.0. The molecule has 0 fully saturated rings. The Kier molecular flexibility index (Phi) is 4.20. The molecular weight excluding hydrogens is 307 g/mol. The second kappa shape index (κ2) is 5.70. The van der Waals surface area contributed by atoms with Crippen molar-refractivity contribution in [2.24, 2.45) is 0 Å². The van der Waals surface area contributed by atoms with Crippen LogP contribution in [0.15, 0.2) is 36.4 Å². The fourth-order valence-electron chi connectivity index (χ4n) is 1.52. The first kappa shape index (κ1) is 14.0. The molecule has 0 atom stereocenters. The lowest BCUT2D eigenvalue weighted by Gasteiger charge is -2.09. The summed E-state index contributed by atoms with van der Waals surface area (Å²) in [7, 11) is 0. The van der Waals surface area contributed by atoms with Crippen molar-refractivity contribution in [1.29, 1.82) is 0 Å². The van der Waals surface area contributed by atoms with Gasteiger partial charge in [0, 0.05) is 15.7 Å². The highest BCUT2D eigenvalue weighted by molar-refractivity contribution is 6.36. The van der Waals surface area contributed by atoms with Crippen molar-refractivity contribution in [3.8, 4) is 0 Å². The number of rotatable bonds is 2. The normalized spacial score (nSPS) is 10.3. The van der Waals surface area contributed by atoms with Crippen LogP contribution in [-0.2, 0) is 0 Å². The van der Waals surface area contributed by atoms with E-state index in [0.29, 0.717) is 32.0 Å². The van der Waals surface area contributed by atoms with Gasteiger partial charge in [0.25, 0.3) is 5.91 Å². The topological polar surface area (TPSA) is 55.1 Å². The van der Waals surface area contributed by atoms with Gasteiger partial charge in [0.1, 0.15) is 0 Å². The van der Waals surface area contributed by atoms with Crippen LogP contribution in [0.25, 0.3) is 0 Å². The molecule has 0 aromatic heterocycles. The Bertz CT molecular complexity index is 644. The van der Waals surface area contributed by atoms with E-state index in [1.165, 1.54) is 6.07 Å². The number of carbonyl (C=O) groups excluding carboxylic acids is 1. The highest BCUT2D eigenvalue weighted by Gasteiger charge is 2.12. The summed E-state index contributed by atoms with van der Waals surface area (Å²) in [5, 5.41) is 3.99. The Balaban J connectivity index is 2.28. The molecule has 98 valence electrons. The molecule has 0 radical (unpaired) electrons. The van der Waals surface area contributed by atoms with E-state index < -0.39 is 0 Å². The van der Waals surface area contributed by atoms with Crippen molar-refractivity contribution >= 4 is 52.1 Å². The highest BCUT2D eigenvalue weighted by atomic mass is 35.5. The highest BCUT2D eigenvalue weighted by Crippen LogP contribution is 2.27. The van der Waals surface area contributed by atoms with Gasteiger partial charge < -0.3 is 11.1 Å². The molecule has 0 saturated carbocycles. The summed E-state index contributed by atoms with van der Waals surface area (Å²) in [5.41, 5.74) is 6.78. The number of benzene rings is 2. The van der Waals surface area contributed by atoms with E-state index in [9.17, 15) is 4.79 Å². The van der Waals surface area contributed by atoms with Gasteiger partial charge in [-0.2, -0.15) is 0 Å². The zero-order valence-electron chi connectivity index (χ0n) is 9.58. The Labute approximate surface area is 125 Å². The number of anilines is 2. The number of nitrogen functional groups attached to an aromatic ring is 1. The Morgan fingerprint density at radius 1 is 1.00 bits per heavy atom. The number of amides is 1. The van der Waals surface area contributed by atoms with Gasteiger partial charge in [-0.1, -0.05) is 34.8 Å². The fourth-order valence-corrected chi connectivity index (χ4v) is 2.04. The minimum Gasteiger partial charge on any atom is -0.398 e. The summed E-state index contributed by atoms with van der Waals surface area (Å²) < 4.78 is 0. The van der Waals surface area contributed by atoms with Crippen LogP contribution in [0.1, 0.15) is 10.4 Å². The van der Waals surface area contributed by atoms with Crippen molar-refractivity contribution in [2.45, 2.75) is 0 Å². The number of hydrogen-bond acceptors (Lipinski definition) is 2. The lowest BCUT2D eigenvalue weighted by Crippen LogP contribution is -2.14.